The molecule has 0 aliphatic carbocycles. The number of hydrogen-bond donors (Lipinski definition) is 2. The number of phenolic OH excluding ortho intramolecular Hbond substituents is 2. The number of phenols is 2. The van der Waals surface area contributed by atoms with Gasteiger partial charge in [-0.1, -0.05) is 65.8 Å². The molecule has 0 saturated heterocycles. The second kappa shape index (κ2) is 5.92. The van der Waals surface area contributed by atoms with Crippen LogP contribution in [0, 0.1) is 0 Å². The Balaban J connectivity index is 2.43. The molecule has 0 atom stereocenters. The standard InChI is InChI=1S/C21H28O2/c1-20(2,3)16-7-9-18(22)14(12-16)11-15-13-17(21(4,5)6)8-10-19(15)23/h7-10,12-13,22-23H,11H2,1-6H3. The van der Waals surface area contributed by atoms with Crippen LogP contribution in [0.25, 0.3) is 0 Å². The Morgan fingerprint density at radius 1 is 0.652 bits per heavy atom. The fraction of sp³-hybridized carbons (Fsp3) is 0.429. The highest BCUT2D eigenvalue weighted by atomic mass is 16.3. The predicted octanol–water partition coefficient (Wildman–Crippen LogP) is 5.28. The van der Waals surface area contributed by atoms with Crippen molar-refractivity contribution >= 4 is 0 Å². The summed E-state index contributed by atoms with van der Waals surface area (Å²) >= 11 is 0. The monoisotopic (exact) mass is 312 g/mol. The van der Waals surface area contributed by atoms with Crippen molar-refractivity contribution in [3.63, 3.8) is 0 Å². The van der Waals surface area contributed by atoms with Crippen molar-refractivity contribution in [2.45, 2.75) is 58.8 Å². The topological polar surface area (TPSA) is 40.5 Å². The van der Waals surface area contributed by atoms with Crippen LogP contribution in [-0.2, 0) is 17.3 Å². The summed E-state index contributed by atoms with van der Waals surface area (Å²) in [7, 11) is 0. The molecule has 0 unspecified atom stereocenters. The molecule has 0 saturated carbocycles. The van der Waals surface area contributed by atoms with Gasteiger partial charge < -0.3 is 10.2 Å². The predicted molar refractivity (Wildman–Crippen MR) is 96.4 cm³/mol. The lowest BCUT2D eigenvalue weighted by atomic mass is 9.84. The Bertz CT molecular complexity index is 639. The summed E-state index contributed by atoms with van der Waals surface area (Å²) < 4.78 is 0. The SMILES string of the molecule is CC(C)(C)c1ccc(O)c(Cc2cc(C(C)(C)C)ccc2O)c1. The summed E-state index contributed by atoms with van der Waals surface area (Å²) in [6, 6.07) is 11.5. The van der Waals surface area contributed by atoms with Crippen molar-refractivity contribution in [3.05, 3.63) is 58.7 Å². The quantitative estimate of drug-likeness (QED) is 0.791. The van der Waals surface area contributed by atoms with Crippen LogP contribution >= 0.6 is 0 Å². The minimum Gasteiger partial charge on any atom is -0.508 e. The fourth-order valence-corrected chi connectivity index (χ4v) is 2.59. The van der Waals surface area contributed by atoms with Gasteiger partial charge in [-0.3, -0.25) is 0 Å². The van der Waals surface area contributed by atoms with Crippen LogP contribution < -0.4 is 0 Å². The summed E-state index contributed by atoms with van der Waals surface area (Å²) in [5, 5.41) is 20.4. The van der Waals surface area contributed by atoms with Gasteiger partial charge in [0.25, 0.3) is 0 Å². The van der Waals surface area contributed by atoms with Gasteiger partial charge in [-0.15, -0.1) is 0 Å². The Morgan fingerprint density at radius 3 is 1.30 bits per heavy atom. The first-order valence-electron chi connectivity index (χ1n) is 8.13. The third kappa shape index (κ3) is 4.07. The zero-order valence-electron chi connectivity index (χ0n) is 15.1. The van der Waals surface area contributed by atoms with Crippen molar-refractivity contribution in [3.8, 4) is 11.5 Å². The molecule has 0 aliphatic heterocycles. The maximum atomic E-state index is 10.2. The first-order valence-corrected chi connectivity index (χ1v) is 8.13. The van der Waals surface area contributed by atoms with Gasteiger partial charge in [0.2, 0.25) is 0 Å². The van der Waals surface area contributed by atoms with E-state index in [9.17, 15) is 10.2 Å². The zero-order chi connectivity index (χ0) is 17.4. The third-order valence-electron chi connectivity index (χ3n) is 4.27. The van der Waals surface area contributed by atoms with Gasteiger partial charge in [0.15, 0.2) is 0 Å². The van der Waals surface area contributed by atoms with E-state index in [4.69, 9.17) is 0 Å². The molecule has 2 aromatic carbocycles. The van der Waals surface area contributed by atoms with E-state index in [2.05, 4.69) is 41.5 Å². The molecule has 0 heterocycles. The average Bonchev–Trinajstić information content (AvgIpc) is 2.41. The van der Waals surface area contributed by atoms with Gasteiger partial charge in [0, 0.05) is 6.42 Å². The second-order valence-electron chi connectivity index (χ2n) is 8.36. The molecule has 2 nitrogen and oxygen atoms in total. The molecule has 2 N–H and O–H groups in total. The highest BCUT2D eigenvalue weighted by Crippen LogP contribution is 2.32. The molecule has 124 valence electrons. The maximum absolute atomic E-state index is 10.2. The van der Waals surface area contributed by atoms with Gasteiger partial charge in [-0.2, -0.15) is 0 Å². The highest BCUT2D eigenvalue weighted by Gasteiger charge is 2.18. The average molecular weight is 312 g/mol. The lowest BCUT2D eigenvalue weighted by molar-refractivity contribution is 0.461. The Morgan fingerprint density at radius 2 is 1.00 bits per heavy atom. The van der Waals surface area contributed by atoms with Crippen molar-refractivity contribution in [1.29, 1.82) is 0 Å². The molecule has 2 heteroatoms. The lowest BCUT2D eigenvalue weighted by Gasteiger charge is -2.22. The van der Waals surface area contributed by atoms with Crippen molar-refractivity contribution < 1.29 is 10.2 Å². The van der Waals surface area contributed by atoms with Crippen LogP contribution in [0.15, 0.2) is 36.4 Å². The molecule has 0 fully saturated rings. The summed E-state index contributed by atoms with van der Waals surface area (Å²) in [4.78, 5) is 0. The first-order chi connectivity index (χ1) is 10.5. The highest BCUT2D eigenvalue weighted by molar-refractivity contribution is 5.46. The van der Waals surface area contributed by atoms with Crippen LogP contribution in [-0.4, -0.2) is 10.2 Å². The second-order valence-corrected chi connectivity index (χ2v) is 8.36. The van der Waals surface area contributed by atoms with Gasteiger partial charge in [-0.05, 0) is 45.2 Å². The van der Waals surface area contributed by atoms with Crippen molar-refractivity contribution in [2.24, 2.45) is 0 Å². The van der Waals surface area contributed by atoms with Crippen LogP contribution in [0.2, 0.25) is 0 Å². The van der Waals surface area contributed by atoms with E-state index in [0.717, 1.165) is 11.1 Å². The summed E-state index contributed by atoms with van der Waals surface area (Å²) in [5.41, 5.74) is 4.10. The van der Waals surface area contributed by atoms with Crippen molar-refractivity contribution in [2.75, 3.05) is 0 Å². The number of benzene rings is 2. The van der Waals surface area contributed by atoms with E-state index < -0.39 is 0 Å². The Labute approximate surface area is 139 Å². The molecule has 2 aromatic rings. The van der Waals surface area contributed by atoms with Gasteiger partial charge in [0.1, 0.15) is 11.5 Å². The number of hydrogen-bond acceptors (Lipinski definition) is 2. The summed E-state index contributed by atoms with van der Waals surface area (Å²) in [5.74, 6) is 0.553. The molecule has 0 radical (unpaired) electrons. The van der Waals surface area contributed by atoms with Crippen LogP contribution in [0.1, 0.15) is 63.8 Å². The molecule has 0 amide bonds. The van der Waals surface area contributed by atoms with Crippen molar-refractivity contribution in [1.82, 2.24) is 0 Å². The van der Waals surface area contributed by atoms with Gasteiger partial charge in [0.05, 0.1) is 0 Å². The maximum Gasteiger partial charge on any atom is 0.119 e. The van der Waals surface area contributed by atoms with Crippen LogP contribution in [0.5, 0.6) is 11.5 Å². The van der Waals surface area contributed by atoms with Gasteiger partial charge >= 0.3 is 0 Å². The third-order valence-corrected chi connectivity index (χ3v) is 4.27. The van der Waals surface area contributed by atoms with E-state index >= 15 is 0 Å². The summed E-state index contributed by atoms with van der Waals surface area (Å²) in [6.45, 7) is 12.9. The summed E-state index contributed by atoms with van der Waals surface area (Å²) in [6.07, 6.45) is 0.519. The molecule has 0 spiro atoms. The molecule has 0 aliphatic rings. The minimum absolute atomic E-state index is 0.0255. The molecular weight excluding hydrogens is 284 g/mol. The largest absolute Gasteiger partial charge is 0.508 e. The number of aromatic hydroxyl groups is 2. The van der Waals surface area contributed by atoms with Crippen LogP contribution in [0.4, 0.5) is 0 Å². The zero-order valence-corrected chi connectivity index (χ0v) is 15.1. The molecule has 23 heavy (non-hydrogen) atoms. The van der Waals surface area contributed by atoms with E-state index in [1.165, 1.54) is 11.1 Å². The van der Waals surface area contributed by atoms with E-state index in [1.807, 2.05) is 24.3 Å². The smallest absolute Gasteiger partial charge is 0.119 e. The lowest BCUT2D eigenvalue weighted by Crippen LogP contribution is -2.12. The Hall–Kier alpha value is -1.96. The fourth-order valence-electron chi connectivity index (χ4n) is 2.59. The van der Waals surface area contributed by atoms with Gasteiger partial charge in [-0.25, -0.2) is 0 Å². The minimum atomic E-state index is 0.0255. The van der Waals surface area contributed by atoms with Crippen LogP contribution in [0.3, 0.4) is 0 Å². The van der Waals surface area contributed by atoms with E-state index in [1.54, 1.807) is 12.1 Å². The number of rotatable bonds is 2. The molecule has 0 bridgehead atoms. The van der Waals surface area contributed by atoms with E-state index in [0.29, 0.717) is 6.42 Å². The molecular formula is C21H28O2. The molecule has 0 aromatic heterocycles. The first kappa shape index (κ1) is 17.4. The Kier molecular flexibility index (Phi) is 4.48. The molecule has 2 rings (SSSR count). The normalized spacial score (nSPS) is 12.4. The van der Waals surface area contributed by atoms with E-state index in [-0.39, 0.29) is 22.3 Å².